The van der Waals surface area contributed by atoms with Gasteiger partial charge in [0, 0.05) is 12.6 Å². The quantitative estimate of drug-likeness (QED) is 0.615. The molecule has 0 radical (unpaired) electrons. The Bertz CT molecular complexity index is 419. The Morgan fingerprint density at radius 2 is 2.21 bits per heavy atom. The van der Waals surface area contributed by atoms with Crippen molar-refractivity contribution in [2.24, 2.45) is 11.8 Å². The van der Waals surface area contributed by atoms with Crippen molar-refractivity contribution >= 4 is 0 Å². The Hall–Kier alpha value is -0.970. The lowest BCUT2D eigenvalue weighted by Gasteiger charge is -2.37. The van der Waals surface area contributed by atoms with Crippen LogP contribution in [-0.2, 0) is 4.74 Å². The number of nitrogens with two attached hydrogens (primary N) is 1. The van der Waals surface area contributed by atoms with Crippen LogP contribution in [0.15, 0.2) is 18.2 Å². The van der Waals surface area contributed by atoms with Gasteiger partial charge in [0.05, 0.1) is 6.10 Å². The fraction of sp³-hybridized carbons (Fsp3) is 0.600. The van der Waals surface area contributed by atoms with E-state index in [1.807, 2.05) is 13.8 Å². The van der Waals surface area contributed by atoms with Crippen molar-refractivity contribution in [3.8, 4) is 0 Å². The summed E-state index contributed by atoms with van der Waals surface area (Å²) in [4.78, 5) is 0. The third kappa shape index (κ3) is 3.53. The number of hydrogen-bond acceptors (Lipinski definition) is 3. The lowest BCUT2D eigenvalue weighted by molar-refractivity contribution is -0.0291. The van der Waals surface area contributed by atoms with Crippen molar-refractivity contribution in [2.45, 2.75) is 45.3 Å². The molecule has 1 aromatic carbocycles. The molecule has 0 bridgehead atoms. The number of rotatable bonds is 6. The zero-order chi connectivity index (χ0) is 13.8. The molecule has 0 aliphatic heterocycles. The maximum absolute atomic E-state index is 13.4. The molecule has 1 aliphatic carbocycles. The van der Waals surface area contributed by atoms with Gasteiger partial charge in [0.25, 0.3) is 0 Å². The predicted octanol–water partition coefficient (Wildman–Crippen LogP) is 2.84. The van der Waals surface area contributed by atoms with Gasteiger partial charge in [-0.05, 0) is 62.3 Å². The van der Waals surface area contributed by atoms with Crippen molar-refractivity contribution in [3.05, 3.63) is 35.1 Å². The zero-order valence-electron chi connectivity index (χ0n) is 11.7. The second kappa shape index (κ2) is 6.46. The van der Waals surface area contributed by atoms with E-state index in [-0.39, 0.29) is 11.9 Å². The monoisotopic (exact) mass is 266 g/mol. The smallest absolute Gasteiger partial charge is 0.123 e. The van der Waals surface area contributed by atoms with Crippen LogP contribution >= 0.6 is 0 Å². The molecule has 0 saturated heterocycles. The first-order valence-corrected chi connectivity index (χ1v) is 6.97. The van der Waals surface area contributed by atoms with E-state index >= 15 is 0 Å². The van der Waals surface area contributed by atoms with Gasteiger partial charge in [-0.3, -0.25) is 11.3 Å². The highest BCUT2D eigenvalue weighted by atomic mass is 19.1. The van der Waals surface area contributed by atoms with Crippen molar-refractivity contribution in [2.75, 3.05) is 6.61 Å². The van der Waals surface area contributed by atoms with Gasteiger partial charge in [-0.15, -0.1) is 0 Å². The van der Waals surface area contributed by atoms with Crippen molar-refractivity contribution < 1.29 is 9.13 Å². The highest BCUT2D eigenvalue weighted by molar-refractivity contribution is 5.29. The zero-order valence-corrected chi connectivity index (χ0v) is 11.7. The first kappa shape index (κ1) is 14.4. The van der Waals surface area contributed by atoms with Gasteiger partial charge in [-0.1, -0.05) is 6.07 Å². The van der Waals surface area contributed by atoms with Gasteiger partial charge < -0.3 is 4.74 Å². The standard InChI is InChI=1S/C15H23FN2O/c1-3-19-13-6-11(7-13)8-15(18-17)14-9-12(16)5-4-10(14)2/h4-5,9,11,13,15,18H,3,6-8,17H2,1-2H3. The summed E-state index contributed by atoms with van der Waals surface area (Å²) >= 11 is 0. The largest absolute Gasteiger partial charge is 0.378 e. The maximum Gasteiger partial charge on any atom is 0.123 e. The fourth-order valence-corrected chi connectivity index (χ4v) is 2.84. The summed E-state index contributed by atoms with van der Waals surface area (Å²) in [6.45, 7) is 4.79. The molecule has 4 heteroatoms. The summed E-state index contributed by atoms with van der Waals surface area (Å²) in [7, 11) is 0. The van der Waals surface area contributed by atoms with Gasteiger partial charge in [-0.2, -0.15) is 0 Å². The van der Waals surface area contributed by atoms with Crippen LogP contribution in [0.1, 0.15) is 43.4 Å². The summed E-state index contributed by atoms with van der Waals surface area (Å²) in [5.74, 6) is 6.05. The molecule has 1 aliphatic rings. The molecule has 1 fully saturated rings. The Labute approximate surface area is 114 Å². The van der Waals surface area contributed by atoms with Gasteiger partial charge in [0.15, 0.2) is 0 Å². The average Bonchev–Trinajstić information content (AvgIpc) is 2.35. The number of aryl methyl sites for hydroxylation is 1. The molecular formula is C15H23FN2O. The second-order valence-corrected chi connectivity index (χ2v) is 5.37. The molecule has 3 N–H and O–H groups in total. The molecule has 1 saturated carbocycles. The van der Waals surface area contributed by atoms with Crippen LogP contribution < -0.4 is 11.3 Å². The van der Waals surface area contributed by atoms with Crippen LogP contribution in [0.3, 0.4) is 0 Å². The van der Waals surface area contributed by atoms with Gasteiger partial charge >= 0.3 is 0 Å². The molecular weight excluding hydrogens is 243 g/mol. The summed E-state index contributed by atoms with van der Waals surface area (Å²) in [5, 5.41) is 0. The highest BCUT2D eigenvalue weighted by Crippen LogP contribution is 2.37. The lowest BCUT2D eigenvalue weighted by Crippen LogP contribution is -2.36. The van der Waals surface area contributed by atoms with Crippen LogP contribution in [0.25, 0.3) is 0 Å². The van der Waals surface area contributed by atoms with E-state index < -0.39 is 0 Å². The van der Waals surface area contributed by atoms with Crippen molar-refractivity contribution in [1.29, 1.82) is 0 Å². The second-order valence-electron chi connectivity index (χ2n) is 5.37. The Morgan fingerprint density at radius 1 is 1.47 bits per heavy atom. The molecule has 19 heavy (non-hydrogen) atoms. The molecule has 1 unspecified atom stereocenters. The molecule has 2 rings (SSSR count). The van der Waals surface area contributed by atoms with Crippen molar-refractivity contribution in [1.82, 2.24) is 5.43 Å². The van der Waals surface area contributed by atoms with E-state index in [9.17, 15) is 4.39 Å². The first-order valence-electron chi connectivity index (χ1n) is 6.97. The number of benzene rings is 1. The Kier molecular flexibility index (Phi) is 4.91. The van der Waals surface area contributed by atoms with Gasteiger partial charge in [0.1, 0.15) is 5.82 Å². The van der Waals surface area contributed by atoms with E-state index in [1.54, 1.807) is 12.1 Å². The number of halogens is 1. The predicted molar refractivity (Wildman–Crippen MR) is 74.0 cm³/mol. The Morgan fingerprint density at radius 3 is 2.84 bits per heavy atom. The third-order valence-corrected chi connectivity index (χ3v) is 3.98. The van der Waals surface area contributed by atoms with E-state index in [4.69, 9.17) is 10.6 Å². The topological polar surface area (TPSA) is 47.3 Å². The van der Waals surface area contributed by atoms with E-state index in [2.05, 4.69) is 5.43 Å². The van der Waals surface area contributed by atoms with Gasteiger partial charge in [0.2, 0.25) is 0 Å². The molecule has 0 aromatic heterocycles. The highest BCUT2D eigenvalue weighted by Gasteiger charge is 2.31. The molecule has 106 valence electrons. The summed E-state index contributed by atoms with van der Waals surface area (Å²) in [6.07, 6.45) is 3.51. The molecule has 0 heterocycles. The van der Waals surface area contributed by atoms with Crippen LogP contribution in [0, 0.1) is 18.7 Å². The lowest BCUT2D eigenvalue weighted by atomic mass is 9.77. The number of ether oxygens (including phenoxy) is 1. The van der Waals surface area contributed by atoms with Crippen LogP contribution in [0.4, 0.5) is 4.39 Å². The van der Waals surface area contributed by atoms with Crippen LogP contribution in [0.2, 0.25) is 0 Å². The first-order chi connectivity index (χ1) is 9.13. The van der Waals surface area contributed by atoms with Crippen LogP contribution in [0.5, 0.6) is 0 Å². The fourth-order valence-electron chi connectivity index (χ4n) is 2.84. The summed E-state index contributed by atoms with van der Waals surface area (Å²) in [5.41, 5.74) is 4.86. The van der Waals surface area contributed by atoms with Crippen molar-refractivity contribution in [3.63, 3.8) is 0 Å². The molecule has 0 spiro atoms. The SMILES string of the molecule is CCOC1CC(CC(NN)c2cc(F)ccc2C)C1. The third-order valence-electron chi connectivity index (χ3n) is 3.98. The molecule has 0 amide bonds. The van der Waals surface area contributed by atoms with Crippen LogP contribution in [-0.4, -0.2) is 12.7 Å². The minimum absolute atomic E-state index is 0.0169. The normalized spacial score (nSPS) is 24.0. The molecule has 1 atom stereocenters. The van der Waals surface area contributed by atoms with E-state index in [1.165, 1.54) is 6.07 Å². The average molecular weight is 266 g/mol. The molecule has 3 nitrogen and oxygen atoms in total. The van der Waals surface area contributed by atoms with Gasteiger partial charge in [-0.25, -0.2) is 4.39 Å². The Balaban J connectivity index is 1.95. The maximum atomic E-state index is 13.4. The summed E-state index contributed by atoms with van der Waals surface area (Å²) in [6, 6.07) is 4.89. The minimum Gasteiger partial charge on any atom is -0.378 e. The molecule has 1 aromatic rings. The number of hydrazine groups is 1. The minimum atomic E-state index is -0.207. The number of nitrogens with one attached hydrogen (secondary N) is 1. The summed E-state index contributed by atoms with van der Waals surface area (Å²) < 4.78 is 18.9. The number of hydrogen-bond donors (Lipinski definition) is 2. The van der Waals surface area contributed by atoms with E-state index in [0.29, 0.717) is 12.0 Å². The van der Waals surface area contributed by atoms with E-state index in [0.717, 1.165) is 37.0 Å².